The third-order valence-corrected chi connectivity index (χ3v) is 7.15. The number of H-pyrrole nitrogens is 1. The van der Waals surface area contributed by atoms with E-state index in [2.05, 4.69) is 32.3 Å². The summed E-state index contributed by atoms with van der Waals surface area (Å²) in [6.45, 7) is 5.08. The van der Waals surface area contributed by atoms with E-state index in [1.54, 1.807) is 12.1 Å². The number of aryl methyl sites for hydroxylation is 1. The van der Waals surface area contributed by atoms with Crippen molar-refractivity contribution in [3.63, 3.8) is 0 Å². The van der Waals surface area contributed by atoms with Gasteiger partial charge < -0.3 is 4.98 Å². The van der Waals surface area contributed by atoms with Gasteiger partial charge in [0, 0.05) is 18.7 Å². The highest BCUT2D eigenvalue weighted by molar-refractivity contribution is 5.81. The number of pyridine rings is 1. The normalized spacial score (nSPS) is 15.3. The molecule has 2 aromatic carbocycles. The fourth-order valence-electron chi connectivity index (χ4n) is 5.30. The number of rotatable bonds is 8. The predicted octanol–water partition coefficient (Wildman–Crippen LogP) is 5.23. The molecule has 0 radical (unpaired) electrons. The van der Waals surface area contributed by atoms with Crippen molar-refractivity contribution in [3.05, 3.63) is 87.2 Å². The van der Waals surface area contributed by atoms with E-state index in [1.165, 1.54) is 25.0 Å². The highest BCUT2D eigenvalue weighted by Crippen LogP contribution is 2.33. The van der Waals surface area contributed by atoms with E-state index in [-0.39, 0.29) is 17.4 Å². The maximum atomic E-state index is 13.6. The van der Waals surface area contributed by atoms with Gasteiger partial charge in [0.1, 0.15) is 5.82 Å². The van der Waals surface area contributed by atoms with Gasteiger partial charge in [-0.1, -0.05) is 50.1 Å². The Morgan fingerprint density at radius 1 is 1.14 bits per heavy atom. The lowest BCUT2D eigenvalue weighted by atomic mass is 10.1. The van der Waals surface area contributed by atoms with E-state index >= 15 is 0 Å². The SMILES string of the molecule is CC[C@H](c1nnnn1C1CCCC1)N(Cc1ccc(F)cc1)Cc1cc2cccc(C)c2[nH]c1=O. The van der Waals surface area contributed by atoms with Crippen LogP contribution in [0.5, 0.6) is 0 Å². The Balaban J connectivity index is 1.53. The summed E-state index contributed by atoms with van der Waals surface area (Å²) in [5, 5.41) is 13.8. The number of hydrogen-bond acceptors (Lipinski definition) is 5. The van der Waals surface area contributed by atoms with E-state index in [1.807, 2.05) is 35.9 Å². The number of fused-ring (bicyclic) bond motifs is 1. The van der Waals surface area contributed by atoms with Gasteiger partial charge in [-0.3, -0.25) is 9.69 Å². The maximum absolute atomic E-state index is 13.6. The van der Waals surface area contributed by atoms with Crippen molar-refractivity contribution >= 4 is 10.9 Å². The summed E-state index contributed by atoms with van der Waals surface area (Å²) in [5.41, 5.74) is 3.46. The Labute approximate surface area is 204 Å². The third kappa shape index (κ3) is 4.89. The van der Waals surface area contributed by atoms with E-state index in [0.29, 0.717) is 24.7 Å². The highest BCUT2D eigenvalue weighted by atomic mass is 19.1. The molecule has 2 heterocycles. The Hall–Kier alpha value is -3.39. The molecule has 1 aliphatic rings. The quantitative estimate of drug-likeness (QED) is 0.378. The van der Waals surface area contributed by atoms with Crippen molar-refractivity contribution in [1.29, 1.82) is 0 Å². The van der Waals surface area contributed by atoms with Crippen molar-refractivity contribution in [1.82, 2.24) is 30.1 Å². The first-order chi connectivity index (χ1) is 17.0. The molecule has 0 amide bonds. The maximum Gasteiger partial charge on any atom is 0.252 e. The minimum atomic E-state index is -0.265. The van der Waals surface area contributed by atoms with Gasteiger partial charge in [0.05, 0.1) is 17.6 Å². The molecular formula is C27H31FN6O. The van der Waals surface area contributed by atoms with Crippen molar-refractivity contribution in [3.8, 4) is 0 Å². The molecule has 0 saturated heterocycles. The predicted molar refractivity (Wildman–Crippen MR) is 133 cm³/mol. The fraction of sp³-hybridized carbons (Fsp3) is 0.407. The first kappa shape index (κ1) is 23.4. The van der Waals surface area contributed by atoms with Crippen LogP contribution in [0.25, 0.3) is 10.9 Å². The topological polar surface area (TPSA) is 79.7 Å². The van der Waals surface area contributed by atoms with E-state index in [0.717, 1.165) is 47.1 Å². The average Bonchev–Trinajstić information content (AvgIpc) is 3.54. The molecule has 35 heavy (non-hydrogen) atoms. The molecular weight excluding hydrogens is 443 g/mol. The lowest BCUT2D eigenvalue weighted by Crippen LogP contribution is -2.32. The fourth-order valence-corrected chi connectivity index (χ4v) is 5.30. The summed E-state index contributed by atoms with van der Waals surface area (Å²) in [6, 6.07) is 14.7. The summed E-state index contributed by atoms with van der Waals surface area (Å²) >= 11 is 0. The van der Waals surface area contributed by atoms with Gasteiger partial charge in [-0.15, -0.1) is 5.10 Å². The monoisotopic (exact) mass is 474 g/mol. The third-order valence-electron chi connectivity index (χ3n) is 7.15. The van der Waals surface area contributed by atoms with Crippen molar-refractivity contribution < 1.29 is 4.39 Å². The van der Waals surface area contributed by atoms with Crippen LogP contribution in [-0.2, 0) is 13.1 Å². The Morgan fingerprint density at radius 2 is 1.91 bits per heavy atom. The van der Waals surface area contributed by atoms with Crippen molar-refractivity contribution in [2.75, 3.05) is 0 Å². The van der Waals surface area contributed by atoms with Crippen LogP contribution in [0.2, 0.25) is 0 Å². The lowest BCUT2D eigenvalue weighted by molar-refractivity contribution is 0.158. The van der Waals surface area contributed by atoms with Gasteiger partial charge in [0.15, 0.2) is 5.82 Å². The number of para-hydroxylation sites is 1. The van der Waals surface area contributed by atoms with Crippen LogP contribution >= 0.6 is 0 Å². The van der Waals surface area contributed by atoms with E-state index in [9.17, 15) is 9.18 Å². The molecule has 2 aromatic heterocycles. The van der Waals surface area contributed by atoms with Gasteiger partial charge in [-0.05, 0) is 71.3 Å². The average molecular weight is 475 g/mol. The Bertz CT molecular complexity index is 1360. The smallest absolute Gasteiger partial charge is 0.252 e. The van der Waals surface area contributed by atoms with Crippen molar-refractivity contribution in [2.24, 2.45) is 0 Å². The van der Waals surface area contributed by atoms with E-state index in [4.69, 9.17) is 0 Å². The molecule has 0 spiro atoms. The number of aromatic nitrogens is 5. The summed E-state index contributed by atoms with van der Waals surface area (Å²) in [7, 11) is 0. The molecule has 7 nitrogen and oxygen atoms in total. The summed E-state index contributed by atoms with van der Waals surface area (Å²) in [4.78, 5) is 18.4. The molecule has 182 valence electrons. The number of hydrogen-bond donors (Lipinski definition) is 1. The number of halogens is 1. The molecule has 1 saturated carbocycles. The molecule has 4 aromatic rings. The van der Waals surface area contributed by atoms with E-state index < -0.39 is 0 Å². The van der Waals surface area contributed by atoms with Crippen LogP contribution in [-0.4, -0.2) is 30.1 Å². The summed E-state index contributed by atoms with van der Waals surface area (Å²) in [6.07, 6.45) is 5.31. The highest BCUT2D eigenvalue weighted by Gasteiger charge is 2.29. The first-order valence-corrected chi connectivity index (χ1v) is 12.4. The van der Waals surface area contributed by atoms with Crippen LogP contribution < -0.4 is 5.56 Å². The van der Waals surface area contributed by atoms with Crippen LogP contribution in [0.15, 0.2) is 53.3 Å². The standard InChI is InChI=1S/C27H31FN6O/c1-3-24(26-30-31-32-34(26)23-9-4-5-10-23)33(16-19-11-13-22(28)14-12-19)17-21-15-20-8-6-7-18(2)25(20)29-27(21)35/h6-8,11-15,23-24H,3-5,9-10,16-17H2,1-2H3,(H,29,35)/t24-/m1/s1. The van der Waals surface area contributed by atoms with Gasteiger partial charge in [-0.25, -0.2) is 9.07 Å². The molecule has 0 unspecified atom stereocenters. The Kier molecular flexibility index (Phi) is 6.72. The lowest BCUT2D eigenvalue weighted by Gasteiger charge is -2.31. The number of aromatic amines is 1. The van der Waals surface area contributed by atoms with Crippen LogP contribution in [0, 0.1) is 12.7 Å². The van der Waals surface area contributed by atoms with Gasteiger partial charge in [0.2, 0.25) is 0 Å². The first-order valence-electron chi connectivity index (χ1n) is 12.4. The molecule has 5 rings (SSSR count). The van der Waals surface area contributed by atoms with Gasteiger partial charge in [-0.2, -0.15) is 0 Å². The minimum absolute atomic E-state index is 0.0942. The summed E-state index contributed by atoms with van der Waals surface area (Å²) < 4.78 is 15.6. The molecule has 1 fully saturated rings. The second-order valence-electron chi connectivity index (χ2n) is 9.54. The second-order valence-corrected chi connectivity index (χ2v) is 9.54. The zero-order chi connectivity index (χ0) is 24.4. The van der Waals surface area contributed by atoms with Crippen LogP contribution in [0.3, 0.4) is 0 Å². The molecule has 1 N–H and O–H groups in total. The number of tetrazole rings is 1. The largest absolute Gasteiger partial charge is 0.321 e. The second kappa shape index (κ2) is 10.1. The Morgan fingerprint density at radius 3 is 2.66 bits per heavy atom. The molecule has 0 bridgehead atoms. The summed E-state index contributed by atoms with van der Waals surface area (Å²) in [5.74, 6) is 0.563. The minimum Gasteiger partial charge on any atom is -0.321 e. The zero-order valence-corrected chi connectivity index (χ0v) is 20.2. The van der Waals surface area contributed by atoms with Crippen LogP contribution in [0.1, 0.15) is 73.6 Å². The van der Waals surface area contributed by atoms with Crippen LogP contribution in [0.4, 0.5) is 4.39 Å². The number of benzene rings is 2. The van der Waals surface area contributed by atoms with Crippen molar-refractivity contribution in [2.45, 2.75) is 71.1 Å². The van der Waals surface area contributed by atoms with Gasteiger partial charge in [0.25, 0.3) is 5.56 Å². The van der Waals surface area contributed by atoms with Gasteiger partial charge >= 0.3 is 0 Å². The molecule has 0 aliphatic heterocycles. The zero-order valence-electron chi connectivity index (χ0n) is 20.2. The molecule has 8 heteroatoms. The number of nitrogens with one attached hydrogen (secondary N) is 1. The molecule has 1 aliphatic carbocycles. The number of nitrogens with zero attached hydrogens (tertiary/aromatic N) is 5. The molecule has 1 atom stereocenters.